The summed E-state index contributed by atoms with van der Waals surface area (Å²) in [6.45, 7) is 2.70. The zero-order valence-electron chi connectivity index (χ0n) is 17.0. The number of aliphatic hydroxyl groups is 1. The van der Waals surface area contributed by atoms with E-state index in [1.165, 1.54) is 7.11 Å². The number of carbonyl (C=O) groups excluding carboxylic acids is 1. The SMILES string of the molecule is COc1ccc(OC)c([C@H](O)CNC(=O)Nc2cc(Cl)ccc2N2CCOCC2)c1. The van der Waals surface area contributed by atoms with E-state index in [1.54, 1.807) is 37.4 Å². The minimum Gasteiger partial charge on any atom is -0.497 e. The number of amides is 2. The second-order valence-electron chi connectivity index (χ2n) is 6.72. The van der Waals surface area contributed by atoms with Gasteiger partial charge in [-0.3, -0.25) is 0 Å². The molecule has 0 aliphatic carbocycles. The van der Waals surface area contributed by atoms with Crippen LogP contribution in [0, 0.1) is 0 Å². The third kappa shape index (κ3) is 5.47. The van der Waals surface area contributed by atoms with Crippen LogP contribution in [0.25, 0.3) is 0 Å². The Morgan fingerprint density at radius 3 is 2.67 bits per heavy atom. The molecule has 0 radical (unpaired) electrons. The Bertz CT molecular complexity index is 874. The molecule has 0 unspecified atom stereocenters. The number of urea groups is 1. The molecule has 2 amide bonds. The molecule has 1 aliphatic rings. The number of aliphatic hydroxyl groups excluding tert-OH is 1. The van der Waals surface area contributed by atoms with Gasteiger partial charge in [0.2, 0.25) is 0 Å². The lowest BCUT2D eigenvalue weighted by molar-refractivity contribution is 0.123. The molecular formula is C21H26ClN3O5. The first-order valence-corrected chi connectivity index (χ1v) is 9.96. The van der Waals surface area contributed by atoms with Crippen LogP contribution in [0.15, 0.2) is 36.4 Å². The monoisotopic (exact) mass is 435 g/mol. The fourth-order valence-corrected chi connectivity index (χ4v) is 3.43. The highest BCUT2D eigenvalue weighted by atomic mass is 35.5. The quantitative estimate of drug-likeness (QED) is 0.619. The third-order valence-corrected chi connectivity index (χ3v) is 5.05. The van der Waals surface area contributed by atoms with Crippen molar-refractivity contribution in [1.29, 1.82) is 0 Å². The maximum Gasteiger partial charge on any atom is 0.319 e. The van der Waals surface area contributed by atoms with Gasteiger partial charge in [-0.25, -0.2) is 4.79 Å². The van der Waals surface area contributed by atoms with Crippen molar-refractivity contribution in [3.05, 3.63) is 47.0 Å². The predicted molar refractivity (Wildman–Crippen MR) is 116 cm³/mol. The molecule has 8 nitrogen and oxygen atoms in total. The normalized spacial score (nSPS) is 14.7. The fourth-order valence-electron chi connectivity index (χ4n) is 3.25. The van der Waals surface area contributed by atoms with E-state index < -0.39 is 12.1 Å². The van der Waals surface area contributed by atoms with Gasteiger partial charge >= 0.3 is 6.03 Å². The van der Waals surface area contributed by atoms with E-state index in [1.807, 2.05) is 6.07 Å². The molecule has 9 heteroatoms. The van der Waals surface area contributed by atoms with Crippen LogP contribution in [-0.4, -0.2) is 58.2 Å². The molecule has 3 rings (SSSR count). The minimum absolute atomic E-state index is 0.0111. The van der Waals surface area contributed by atoms with Crippen molar-refractivity contribution in [2.75, 3.05) is 57.3 Å². The van der Waals surface area contributed by atoms with Gasteiger partial charge in [0.05, 0.1) is 38.8 Å². The Labute approximate surface area is 180 Å². The average molecular weight is 436 g/mol. The number of hydrogen-bond donors (Lipinski definition) is 3. The topological polar surface area (TPSA) is 92.3 Å². The number of carbonyl (C=O) groups is 1. The summed E-state index contributed by atoms with van der Waals surface area (Å²) in [5.41, 5.74) is 1.98. The van der Waals surface area contributed by atoms with Gasteiger partial charge in [0, 0.05) is 30.2 Å². The van der Waals surface area contributed by atoms with E-state index in [2.05, 4.69) is 15.5 Å². The summed E-state index contributed by atoms with van der Waals surface area (Å²) < 4.78 is 15.9. The van der Waals surface area contributed by atoms with Crippen molar-refractivity contribution in [3.63, 3.8) is 0 Å². The molecule has 0 bridgehead atoms. The van der Waals surface area contributed by atoms with E-state index in [4.69, 9.17) is 25.8 Å². The molecule has 1 saturated heterocycles. The second-order valence-corrected chi connectivity index (χ2v) is 7.16. The van der Waals surface area contributed by atoms with E-state index >= 15 is 0 Å². The molecular weight excluding hydrogens is 410 g/mol. The third-order valence-electron chi connectivity index (χ3n) is 4.81. The van der Waals surface area contributed by atoms with Crippen LogP contribution in [0.1, 0.15) is 11.7 Å². The summed E-state index contributed by atoms with van der Waals surface area (Å²) >= 11 is 6.13. The van der Waals surface area contributed by atoms with Gasteiger partial charge in [-0.1, -0.05) is 11.6 Å². The number of rotatable bonds is 7. The highest BCUT2D eigenvalue weighted by Gasteiger charge is 2.18. The molecule has 3 N–H and O–H groups in total. The Hall–Kier alpha value is -2.68. The second kappa shape index (κ2) is 10.4. The van der Waals surface area contributed by atoms with Gasteiger partial charge in [0.1, 0.15) is 17.6 Å². The first-order valence-electron chi connectivity index (χ1n) is 9.59. The summed E-state index contributed by atoms with van der Waals surface area (Å²) in [6.07, 6.45) is -0.973. The molecule has 2 aromatic carbocycles. The molecule has 1 atom stereocenters. The maximum absolute atomic E-state index is 12.5. The summed E-state index contributed by atoms with van der Waals surface area (Å²) in [5, 5.41) is 16.6. The molecule has 162 valence electrons. The molecule has 2 aromatic rings. The van der Waals surface area contributed by atoms with E-state index in [-0.39, 0.29) is 6.54 Å². The van der Waals surface area contributed by atoms with Gasteiger partial charge in [-0.2, -0.15) is 0 Å². The first-order chi connectivity index (χ1) is 14.5. The van der Waals surface area contributed by atoms with Crippen LogP contribution in [0.2, 0.25) is 5.02 Å². The Morgan fingerprint density at radius 1 is 1.20 bits per heavy atom. The number of ether oxygens (including phenoxy) is 3. The van der Waals surface area contributed by atoms with Crippen LogP contribution in [0.4, 0.5) is 16.2 Å². The van der Waals surface area contributed by atoms with Gasteiger partial charge in [0.25, 0.3) is 0 Å². The molecule has 0 spiro atoms. The highest BCUT2D eigenvalue weighted by Crippen LogP contribution is 2.31. The predicted octanol–water partition coefficient (Wildman–Crippen LogP) is 3.05. The summed E-state index contributed by atoms with van der Waals surface area (Å²) in [6, 6.07) is 10.0. The summed E-state index contributed by atoms with van der Waals surface area (Å²) in [7, 11) is 3.06. The molecule has 0 aromatic heterocycles. The molecule has 1 aliphatic heterocycles. The van der Waals surface area contributed by atoms with Crippen molar-refractivity contribution >= 4 is 29.0 Å². The van der Waals surface area contributed by atoms with E-state index in [0.29, 0.717) is 41.0 Å². The van der Waals surface area contributed by atoms with Crippen LogP contribution >= 0.6 is 11.6 Å². The summed E-state index contributed by atoms with van der Waals surface area (Å²) in [4.78, 5) is 14.6. The maximum atomic E-state index is 12.5. The molecule has 1 heterocycles. The number of methoxy groups -OCH3 is 2. The average Bonchev–Trinajstić information content (AvgIpc) is 2.77. The van der Waals surface area contributed by atoms with Crippen molar-refractivity contribution in [2.45, 2.75) is 6.10 Å². The van der Waals surface area contributed by atoms with Crippen molar-refractivity contribution < 1.29 is 24.1 Å². The summed E-state index contributed by atoms with van der Waals surface area (Å²) in [5.74, 6) is 1.10. The number of nitrogens with one attached hydrogen (secondary N) is 2. The number of anilines is 2. The Kier molecular flexibility index (Phi) is 7.62. The number of halogens is 1. The number of nitrogens with zero attached hydrogens (tertiary/aromatic N) is 1. The lowest BCUT2D eigenvalue weighted by Crippen LogP contribution is -2.37. The highest BCUT2D eigenvalue weighted by molar-refractivity contribution is 6.31. The number of hydrogen-bond acceptors (Lipinski definition) is 6. The Balaban J connectivity index is 1.66. The van der Waals surface area contributed by atoms with Crippen LogP contribution in [0.3, 0.4) is 0 Å². The molecule has 1 fully saturated rings. The standard InChI is InChI=1S/C21H26ClN3O5/c1-28-15-4-6-20(29-2)16(12-15)19(26)13-23-21(27)24-17-11-14(22)3-5-18(17)25-7-9-30-10-8-25/h3-6,11-12,19,26H,7-10,13H2,1-2H3,(H2,23,24,27)/t19-/m1/s1. The lowest BCUT2D eigenvalue weighted by Gasteiger charge is -2.30. The van der Waals surface area contributed by atoms with E-state index in [0.717, 1.165) is 18.8 Å². The lowest BCUT2D eigenvalue weighted by atomic mass is 10.1. The Morgan fingerprint density at radius 2 is 1.97 bits per heavy atom. The number of benzene rings is 2. The smallest absolute Gasteiger partial charge is 0.319 e. The van der Waals surface area contributed by atoms with Crippen LogP contribution < -0.4 is 25.0 Å². The minimum atomic E-state index is -0.973. The van der Waals surface area contributed by atoms with Crippen molar-refractivity contribution in [1.82, 2.24) is 5.32 Å². The van der Waals surface area contributed by atoms with Gasteiger partial charge < -0.3 is 34.9 Å². The number of morpholine rings is 1. The van der Waals surface area contributed by atoms with Crippen molar-refractivity contribution in [3.8, 4) is 11.5 Å². The van der Waals surface area contributed by atoms with Crippen LogP contribution in [0.5, 0.6) is 11.5 Å². The molecule has 0 saturated carbocycles. The van der Waals surface area contributed by atoms with Crippen molar-refractivity contribution in [2.24, 2.45) is 0 Å². The first kappa shape index (κ1) is 22.0. The molecule has 30 heavy (non-hydrogen) atoms. The fraction of sp³-hybridized carbons (Fsp3) is 0.381. The van der Waals surface area contributed by atoms with Gasteiger partial charge in [-0.15, -0.1) is 0 Å². The van der Waals surface area contributed by atoms with Crippen LogP contribution in [-0.2, 0) is 4.74 Å². The van der Waals surface area contributed by atoms with Gasteiger partial charge in [0.15, 0.2) is 0 Å². The van der Waals surface area contributed by atoms with E-state index in [9.17, 15) is 9.90 Å². The zero-order chi connectivity index (χ0) is 21.5. The van der Waals surface area contributed by atoms with Gasteiger partial charge in [-0.05, 0) is 36.4 Å². The zero-order valence-corrected chi connectivity index (χ0v) is 17.7. The largest absolute Gasteiger partial charge is 0.497 e.